The van der Waals surface area contributed by atoms with E-state index in [0.29, 0.717) is 28.5 Å². The normalized spacial score (nSPS) is 10.4. The maximum atomic E-state index is 13.5. The Hall–Kier alpha value is -1.68. The van der Waals surface area contributed by atoms with Crippen LogP contribution in [0.4, 0.5) is 10.2 Å². The summed E-state index contributed by atoms with van der Waals surface area (Å²) in [6.45, 7) is 4.05. The van der Waals surface area contributed by atoms with Crippen molar-refractivity contribution in [3.8, 4) is 0 Å². The lowest BCUT2D eigenvalue weighted by Gasteiger charge is -2.09. The van der Waals surface area contributed by atoms with Crippen LogP contribution in [0.2, 0.25) is 5.02 Å². The van der Waals surface area contributed by atoms with Crippen LogP contribution in [0.1, 0.15) is 16.7 Å². The molecule has 0 bridgehead atoms. The number of rotatable bonds is 3. The Morgan fingerprint density at radius 1 is 1.28 bits per heavy atom. The number of hydrogen-bond donors (Lipinski definition) is 1. The van der Waals surface area contributed by atoms with Gasteiger partial charge in [-0.1, -0.05) is 23.7 Å². The average molecular weight is 266 g/mol. The monoisotopic (exact) mass is 265 g/mol. The lowest BCUT2D eigenvalue weighted by Crippen LogP contribution is -2.03. The molecule has 0 aliphatic heterocycles. The summed E-state index contributed by atoms with van der Waals surface area (Å²) >= 11 is 5.93. The van der Waals surface area contributed by atoms with E-state index in [1.807, 2.05) is 12.1 Å². The number of hydrogen-bond acceptors (Lipinski definition) is 3. The van der Waals surface area contributed by atoms with Crippen molar-refractivity contribution in [2.75, 3.05) is 5.32 Å². The summed E-state index contributed by atoms with van der Waals surface area (Å²) in [4.78, 5) is 7.83. The average Bonchev–Trinajstić information content (AvgIpc) is 2.35. The Balaban J connectivity index is 2.14. The van der Waals surface area contributed by atoms with Crippen molar-refractivity contribution < 1.29 is 4.39 Å². The van der Waals surface area contributed by atoms with Gasteiger partial charge in [-0.2, -0.15) is 0 Å². The Morgan fingerprint density at radius 2 is 1.94 bits per heavy atom. The van der Waals surface area contributed by atoms with Gasteiger partial charge < -0.3 is 5.32 Å². The summed E-state index contributed by atoms with van der Waals surface area (Å²) in [6, 6.07) is 3.62. The van der Waals surface area contributed by atoms with Gasteiger partial charge in [-0.05, 0) is 30.5 Å². The molecule has 0 atom stereocenters. The van der Waals surface area contributed by atoms with Gasteiger partial charge in [0.1, 0.15) is 23.0 Å². The fourth-order valence-electron chi connectivity index (χ4n) is 1.77. The number of benzene rings is 1. The van der Waals surface area contributed by atoms with Crippen LogP contribution in [-0.4, -0.2) is 9.97 Å². The summed E-state index contributed by atoms with van der Waals surface area (Å²) in [5.74, 6) is 0.421. The highest BCUT2D eigenvalue weighted by Crippen LogP contribution is 2.19. The molecular weight excluding hydrogens is 253 g/mol. The van der Waals surface area contributed by atoms with Gasteiger partial charge in [0, 0.05) is 6.54 Å². The first-order chi connectivity index (χ1) is 8.58. The van der Waals surface area contributed by atoms with Crippen LogP contribution >= 0.6 is 11.6 Å². The summed E-state index contributed by atoms with van der Waals surface area (Å²) in [7, 11) is 0. The molecule has 5 heteroatoms. The maximum absolute atomic E-state index is 13.5. The van der Waals surface area contributed by atoms with Crippen molar-refractivity contribution in [1.82, 2.24) is 9.97 Å². The van der Waals surface area contributed by atoms with Crippen LogP contribution in [0, 0.1) is 19.7 Å². The van der Waals surface area contributed by atoms with Crippen molar-refractivity contribution in [3.05, 3.63) is 52.2 Å². The molecule has 0 saturated heterocycles. The van der Waals surface area contributed by atoms with Crippen molar-refractivity contribution >= 4 is 17.4 Å². The smallest absolute Gasteiger partial charge is 0.148 e. The largest absolute Gasteiger partial charge is 0.365 e. The minimum atomic E-state index is -0.154. The van der Waals surface area contributed by atoms with E-state index in [1.54, 1.807) is 13.8 Å². The van der Waals surface area contributed by atoms with E-state index in [1.165, 1.54) is 12.5 Å². The first-order valence-corrected chi connectivity index (χ1v) is 5.90. The molecule has 0 unspecified atom stereocenters. The van der Waals surface area contributed by atoms with Gasteiger partial charge in [-0.25, -0.2) is 14.4 Å². The second-order valence-corrected chi connectivity index (χ2v) is 4.52. The number of aromatic nitrogens is 2. The predicted octanol–water partition coefficient (Wildman–Crippen LogP) is 3.50. The zero-order chi connectivity index (χ0) is 13.1. The third kappa shape index (κ3) is 2.76. The highest BCUT2D eigenvalue weighted by molar-refractivity contribution is 6.32. The molecule has 2 rings (SSSR count). The number of nitrogens with one attached hydrogen (secondary N) is 1. The number of anilines is 1. The molecule has 0 aliphatic rings. The minimum Gasteiger partial charge on any atom is -0.365 e. The van der Waals surface area contributed by atoms with Gasteiger partial charge in [0.25, 0.3) is 0 Å². The summed E-state index contributed by atoms with van der Waals surface area (Å²) in [6.07, 6.45) is 2.95. The molecule has 0 radical (unpaired) electrons. The fraction of sp³-hybridized carbons (Fsp3) is 0.231. The Bertz CT molecular complexity index is 549. The standard InChI is InChI=1S/C13H13ClFN3/c1-8-3-10(4-9(2)12(8)15)5-17-13-11(14)6-16-7-18-13/h3-4,6-7H,5H2,1-2H3,(H,16,17,18). The van der Waals surface area contributed by atoms with Crippen molar-refractivity contribution in [1.29, 1.82) is 0 Å². The van der Waals surface area contributed by atoms with Gasteiger partial charge in [-0.3, -0.25) is 0 Å². The van der Waals surface area contributed by atoms with Crippen molar-refractivity contribution in [3.63, 3.8) is 0 Å². The quantitative estimate of drug-likeness (QED) is 0.923. The Labute approximate surface area is 110 Å². The van der Waals surface area contributed by atoms with Crippen LogP contribution in [0.15, 0.2) is 24.7 Å². The molecule has 0 spiro atoms. The Morgan fingerprint density at radius 3 is 2.56 bits per heavy atom. The predicted molar refractivity (Wildman–Crippen MR) is 70.2 cm³/mol. The molecule has 1 heterocycles. The molecule has 0 aliphatic carbocycles. The second-order valence-electron chi connectivity index (χ2n) is 4.12. The van der Waals surface area contributed by atoms with Gasteiger partial charge in [0.05, 0.1) is 6.20 Å². The SMILES string of the molecule is Cc1cc(CNc2ncncc2Cl)cc(C)c1F. The number of halogens is 2. The molecule has 1 aromatic heterocycles. The molecule has 1 aromatic carbocycles. The van der Waals surface area contributed by atoms with Crippen molar-refractivity contribution in [2.24, 2.45) is 0 Å². The van der Waals surface area contributed by atoms with Gasteiger partial charge in [0.2, 0.25) is 0 Å². The molecule has 3 nitrogen and oxygen atoms in total. The van der Waals surface area contributed by atoms with Crippen LogP contribution in [-0.2, 0) is 6.54 Å². The first-order valence-electron chi connectivity index (χ1n) is 5.53. The van der Waals surface area contributed by atoms with Gasteiger partial charge >= 0.3 is 0 Å². The van der Waals surface area contributed by atoms with E-state index in [9.17, 15) is 4.39 Å². The highest BCUT2D eigenvalue weighted by atomic mass is 35.5. The fourth-order valence-corrected chi connectivity index (χ4v) is 1.94. The molecule has 0 saturated carbocycles. The van der Waals surface area contributed by atoms with Crippen LogP contribution in [0.3, 0.4) is 0 Å². The summed E-state index contributed by atoms with van der Waals surface area (Å²) < 4.78 is 13.5. The summed E-state index contributed by atoms with van der Waals surface area (Å²) in [5, 5.41) is 3.56. The maximum Gasteiger partial charge on any atom is 0.148 e. The first kappa shape index (κ1) is 12.8. The van der Waals surface area contributed by atoms with E-state index < -0.39 is 0 Å². The summed E-state index contributed by atoms with van der Waals surface area (Å²) in [5.41, 5.74) is 2.27. The highest BCUT2D eigenvalue weighted by Gasteiger charge is 2.05. The van der Waals surface area contributed by atoms with E-state index in [0.717, 1.165) is 5.56 Å². The third-order valence-electron chi connectivity index (χ3n) is 2.62. The number of aryl methyl sites for hydroxylation is 2. The third-order valence-corrected chi connectivity index (χ3v) is 2.90. The van der Waals surface area contributed by atoms with Crippen LogP contribution < -0.4 is 5.32 Å². The topological polar surface area (TPSA) is 37.8 Å². The molecular formula is C13H13ClFN3. The molecule has 94 valence electrons. The van der Waals surface area contributed by atoms with Crippen LogP contribution in [0.5, 0.6) is 0 Å². The second kappa shape index (κ2) is 5.31. The van der Waals surface area contributed by atoms with E-state index in [-0.39, 0.29) is 5.82 Å². The van der Waals surface area contributed by atoms with Crippen LogP contribution in [0.25, 0.3) is 0 Å². The zero-order valence-corrected chi connectivity index (χ0v) is 10.9. The van der Waals surface area contributed by atoms with E-state index in [4.69, 9.17) is 11.6 Å². The lowest BCUT2D eigenvalue weighted by molar-refractivity contribution is 0.608. The van der Waals surface area contributed by atoms with Gasteiger partial charge in [-0.15, -0.1) is 0 Å². The van der Waals surface area contributed by atoms with Gasteiger partial charge in [0.15, 0.2) is 0 Å². The van der Waals surface area contributed by atoms with E-state index in [2.05, 4.69) is 15.3 Å². The molecule has 2 aromatic rings. The van der Waals surface area contributed by atoms with E-state index >= 15 is 0 Å². The zero-order valence-electron chi connectivity index (χ0n) is 10.2. The number of nitrogens with zero attached hydrogens (tertiary/aromatic N) is 2. The molecule has 0 amide bonds. The molecule has 1 N–H and O–H groups in total. The minimum absolute atomic E-state index is 0.154. The van der Waals surface area contributed by atoms with Crippen molar-refractivity contribution in [2.45, 2.75) is 20.4 Å². The Kier molecular flexibility index (Phi) is 3.77. The molecule has 0 fully saturated rings. The molecule has 18 heavy (non-hydrogen) atoms. The lowest BCUT2D eigenvalue weighted by atomic mass is 10.1.